The maximum Gasteiger partial charge on any atom is 0.242 e. The number of nitrogens with zero attached hydrogens (tertiary/aromatic N) is 2. The number of hydrogen-bond acceptors (Lipinski definition) is 4. The van der Waals surface area contributed by atoms with E-state index >= 15 is 0 Å². The molecule has 3 N–H and O–H groups in total. The van der Waals surface area contributed by atoms with Gasteiger partial charge in [-0.3, -0.25) is 0 Å². The Hall–Kier alpha value is -2.68. The second-order valence-corrected chi connectivity index (χ2v) is 9.10. The molecule has 6 nitrogen and oxygen atoms in total. The fourth-order valence-electron chi connectivity index (χ4n) is 3.40. The van der Waals surface area contributed by atoms with Crippen LogP contribution in [0, 0.1) is 6.92 Å². The quantitative estimate of drug-likeness (QED) is 0.644. The van der Waals surface area contributed by atoms with Crippen molar-refractivity contribution in [3.63, 3.8) is 0 Å². The molecular weight excluding hydrogens is 393 g/mol. The first-order valence-electron chi connectivity index (χ1n) is 9.06. The molecule has 0 unspecified atom stereocenters. The lowest BCUT2D eigenvalue weighted by Gasteiger charge is -2.13. The first-order chi connectivity index (χ1) is 13.7. The highest BCUT2D eigenvalue weighted by Gasteiger charge is 2.21. The van der Waals surface area contributed by atoms with Gasteiger partial charge in [0.25, 0.3) is 0 Å². The Morgan fingerprint density at radius 2 is 1.97 bits per heavy atom. The molecule has 2 aromatic carbocycles. The predicted molar refractivity (Wildman–Crippen MR) is 113 cm³/mol. The average Bonchev–Trinajstić information content (AvgIpc) is 2.92. The molecule has 0 radical (unpaired) electrons. The number of nitrogens with two attached hydrogens (primary N) is 1. The summed E-state index contributed by atoms with van der Waals surface area (Å²) in [6, 6.07) is 11.5. The van der Waals surface area contributed by atoms with E-state index in [1.165, 1.54) is 26.2 Å². The second kappa shape index (κ2) is 7.98. The van der Waals surface area contributed by atoms with E-state index in [1.54, 1.807) is 41.0 Å². The monoisotopic (exact) mass is 417 g/mol. The van der Waals surface area contributed by atoms with Gasteiger partial charge in [0.1, 0.15) is 11.6 Å². The Morgan fingerprint density at radius 3 is 2.62 bits per heavy atom. The van der Waals surface area contributed by atoms with Crippen molar-refractivity contribution in [2.24, 2.45) is 5.73 Å². The maximum atomic E-state index is 14.2. The lowest BCUT2D eigenvalue weighted by atomic mass is 10.0. The molecule has 3 aromatic rings. The second-order valence-electron chi connectivity index (χ2n) is 6.95. The summed E-state index contributed by atoms with van der Waals surface area (Å²) in [6.07, 6.45) is 1.32. The zero-order valence-electron chi connectivity index (χ0n) is 16.6. The molecule has 0 amide bonds. The number of rotatable bonds is 6. The van der Waals surface area contributed by atoms with Gasteiger partial charge in [0.05, 0.1) is 11.4 Å². The molecule has 0 saturated carbocycles. The summed E-state index contributed by atoms with van der Waals surface area (Å²) in [5.74, 6) is -0.290. The van der Waals surface area contributed by atoms with Crippen LogP contribution < -0.4 is 5.73 Å². The van der Waals surface area contributed by atoms with E-state index in [4.69, 9.17) is 5.73 Å². The average molecular weight is 418 g/mol. The van der Waals surface area contributed by atoms with E-state index in [0.717, 1.165) is 21.1 Å². The minimum atomic E-state index is -3.61. The maximum absolute atomic E-state index is 14.2. The van der Waals surface area contributed by atoms with E-state index in [1.807, 2.05) is 6.92 Å². The van der Waals surface area contributed by atoms with Crippen LogP contribution in [-0.4, -0.2) is 43.0 Å². The summed E-state index contributed by atoms with van der Waals surface area (Å²) in [5, 5.41) is 10.7. The molecule has 0 atom stereocenters. The first-order valence-corrected chi connectivity index (χ1v) is 10.5. The molecule has 154 valence electrons. The molecule has 1 aromatic heterocycles. The summed E-state index contributed by atoms with van der Waals surface area (Å²) in [5.41, 5.74) is 8.31. The van der Waals surface area contributed by atoms with E-state index < -0.39 is 10.0 Å². The normalized spacial score (nSPS) is 12.8. The number of benzene rings is 2. The molecule has 0 aliphatic heterocycles. The molecule has 8 heteroatoms. The lowest BCUT2D eigenvalue weighted by molar-refractivity contribution is 0.476. The van der Waals surface area contributed by atoms with Crippen LogP contribution in [0.2, 0.25) is 0 Å². The van der Waals surface area contributed by atoms with Crippen LogP contribution in [0.1, 0.15) is 5.69 Å². The summed E-state index contributed by atoms with van der Waals surface area (Å²) < 4.78 is 42.3. The van der Waals surface area contributed by atoms with Crippen LogP contribution >= 0.6 is 0 Å². The Morgan fingerprint density at radius 1 is 1.24 bits per heavy atom. The van der Waals surface area contributed by atoms with E-state index in [2.05, 4.69) is 0 Å². The van der Waals surface area contributed by atoms with Crippen molar-refractivity contribution >= 4 is 20.9 Å². The van der Waals surface area contributed by atoms with Gasteiger partial charge in [0.15, 0.2) is 0 Å². The van der Waals surface area contributed by atoms with Crippen LogP contribution in [0.5, 0.6) is 5.75 Å². The zero-order chi connectivity index (χ0) is 21.3. The number of phenolic OH excluding ortho intramolecular Hbond substituents is 1. The number of halogens is 1. The highest BCUT2D eigenvalue weighted by atomic mass is 32.2. The zero-order valence-corrected chi connectivity index (χ0v) is 17.4. The molecule has 0 spiro atoms. The standard InChI is InChI=1S/C21H24FN3O3S/c1-14-21(15-5-4-6-18(11-15)29(27,28)24(2)3)19-12-17(26)7-8-20(19)25(14)13-16(22)9-10-23/h4-9,11-12,26H,10,13,23H2,1-3H3. The summed E-state index contributed by atoms with van der Waals surface area (Å²) in [4.78, 5) is 0.162. The smallest absolute Gasteiger partial charge is 0.242 e. The van der Waals surface area contributed by atoms with Gasteiger partial charge in [-0.05, 0) is 48.9 Å². The van der Waals surface area contributed by atoms with Crippen molar-refractivity contribution in [2.75, 3.05) is 20.6 Å². The molecule has 0 aliphatic carbocycles. The van der Waals surface area contributed by atoms with Gasteiger partial charge in [-0.25, -0.2) is 17.1 Å². The number of hydrogen-bond donors (Lipinski definition) is 2. The van der Waals surface area contributed by atoms with Crippen LogP contribution in [0.3, 0.4) is 0 Å². The highest BCUT2D eigenvalue weighted by Crippen LogP contribution is 2.37. The SMILES string of the molecule is Cc1c(-c2cccc(S(=O)(=O)N(C)C)c2)c2cc(O)ccc2n1CC(F)=CCN. The Balaban J connectivity index is 2.27. The fourth-order valence-corrected chi connectivity index (χ4v) is 4.35. The number of aromatic nitrogens is 1. The van der Waals surface area contributed by atoms with Crippen molar-refractivity contribution in [1.29, 1.82) is 0 Å². The third-order valence-corrected chi connectivity index (χ3v) is 6.67. The Bertz CT molecular complexity index is 1200. The van der Waals surface area contributed by atoms with E-state index in [9.17, 15) is 17.9 Å². The van der Waals surface area contributed by atoms with Crippen LogP contribution in [0.15, 0.2) is 59.3 Å². The third-order valence-electron chi connectivity index (χ3n) is 4.86. The molecule has 0 saturated heterocycles. The number of allylic oxidation sites excluding steroid dienone is 1. The van der Waals surface area contributed by atoms with Gasteiger partial charge < -0.3 is 15.4 Å². The van der Waals surface area contributed by atoms with Crippen molar-refractivity contribution in [3.05, 3.63) is 60.1 Å². The topological polar surface area (TPSA) is 88.6 Å². The van der Waals surface area contributed by atoms with Crippen LogP contribution in [-0.2, 0) is 16.6 Å². The molecular formula is C21H24FN3O3S. The van der Waals surface area contributed by atoms with Gasteiger partial charge >= 0.3 is 0 Å². The molecule has 29 heavy (non-hydrogen) atoms. The van der Waals surface area contributed by atoms with Crippen molar-refractivity contribution < 1.29 is 17.9 Å². The van der Waals surface area contributed by atoms with E-state index in [0.29, 0.717) is 10.9 Å². The summed E-state index contributed by atoms with van der Waals surface area (Å²) in [7, 11) is -0.655. The number of aromatic hydroxyl groups is 1. The highest BCUT2D eigenvalue weighted by molar-refractivity contribution is 7.89. The van der Waals surface area contributed by atoms with E-state index in [-0.39, 0.29) is 29.6 Å². The van der Waals surface area contributed by atoms with Crippen molar-refractivity contribution in [1.82, 2.24) is 8.87 Å². The van der Waals surface area contributed by atoms with Crippen LogP contribution in [0.25, 0.3) is 22.0 Å². The fraction of sp³-hybridized carbons (Fsp3) is 0.238. The van der Waals surface area contributed by atoms with Crippen LogP contribution in [0.4, 0.5) is 4.39 Å². The molecule has 0 aliphatic rings. The largest absolute Gasteiger partial charge is 0.508 e. The molecule has 0 bridgehead atoms. The summed E-state index contributed by atoms with van der Waals surface area (Å²) in [6.45, 7) is 1.94. The van der Waals surface area contributed by atoms with Gasteiger partial charge in [-0.15, -0.1) is 0 Å². The number of fused-ring (bicyclic) bond motifs is 1. The third kappa shape index (κ3) is 3.91. The van der Waals surface area contributed by atoms with Gasteiger partial charge in [0, 0.05) is 42.8 Å². The minimum Gasteiger partial charge on any atom is -0.508 e. The van der Waals surface area contributed by atoms with Crippen molar-refractivity contribution in [2.45, 2.75) is 18.4 Å². The van der Waals surface area contributed by atoms with Gasteiger partial charge in [-0.1, -0.05) is 12.1 Å². The molecule has 3 rings (SSSR count). The summed E-state index contributed by atoms with van der Waals surface area (Å²) >= 11 is 0. The lowest BCUT2D eigenvalue weighted by Crippen LogP contribution is -2.22. The van der Waals surface area contributed by atoms with Gasteiger partial charge in [-0.2, -0.15) is 0 Å². The Kier molecular flexibility index (Phi) is 5.79. The number of sulfonamides is 1. The predicted octanol–water partition coefficient (Wildman–Crippen LogP) is 3.38. The minimum absolute atomic E-state index is 0.00000429. The Labute approximate surface area is 169 Å². The molecule has 0 fully saturated rings. The van der Waals surface area contributed by atoms with Gasteiger partial charge in [0.2, 0.25) is 10.0 Å². The molecule has 1 heterocycles. The van der Waals surface area contributed by atoms with Crippen molar-refractivity contribution in [3.8, 4) is 16.9 Å². The first kappa shape index (κ1) is 21.0. The number of phenols is 1.